The van der Waals surface area contributed by atoms with Crippen molar-refractivity contribution in [3.05, 3.63) is 23.8 Å². The topological polar surface area (TPSA) is 56.5 Å². The Hall–Kier alpha value is -1.26. The van der Waals surface area contributed by atoms with Crippen LogP contribution in [0.15, 0.2) is 18.2 Å². The second-order valence-corrected chi connectivity index (χ2v) is 2.53. The Labute approximate surface area is 70.2 Å². The van der Waals surface area contributed by atoms with E-state index in [1.165, 1.54) is 0 Å². The highest BCUT2D eigenvalue weighted by molar-refractivity contribution is 5.47. The van der Waals surface area contributed by atoms with Crippen LogP contribution >= 0.6 is 0 Å². The molecule has 4 nitrogen and oxygen atoms in total. The average Bonchev–Trinajstić information content (AvgIpc) is 2.53. The molecule has 0 atom stereocenters. The molecule has 1 aromatic carbocycles. The van der Waals surface area contributed by atoms with Crippen LogP contribution in [0.3, 0.4) is 0 Å². The minimum atomic E-state index is 0.302. The number of rotatable bonds is 2. The summed E-state index contributed by atoms with van der Waals surface area (Å²) in [6, 6.07) is 5.75. The maximum Gasteiger partial charge on any atom is 0.231 e. The predicted molar refractivity (Wildman–Crippen MR) is 43.6 cm³/mol. The Morgan fingerprint density at radius 1 is 1.42 bits per heavy atom. The van der Waals surface area contributed by atoms with Crippen molar-refractivity contribution in [3.63, 3.8) is 0 Å². The van der Waals surface area contributed by atoms with Crippen LogP contribution in [0.4, 0.5) is 0 Å². The van der Waals surface area contributed by atoms with Crippen molar-refractivity contribution >= 4 is 0 Å². The highest BCUT2D eigenvalue weighted by Gasteiger charge is 2.15. The average molecular weight is 166 g/mol. The number of hydrogen-bond acceptors (Lipinski definition) is 4. The molecule has 1 heterocycles. The molecule has 64 valence electrons. The Kier molecular flexibility index (Phi) is 1.85. The monoisotopic (exact) mass is 166 g/mol. The van der Waals surface area contributed by atoms with E-state index in [2.05, 4.69) is 5.43 Å². The first-order valence-electron chi connectivity index (χ1n) is 3.73. The number of fused-ring (bicyclic) bond motifs is 1. The fraction of sp³-hybridized carbons (Fsp3) is 0.250. The van der Waals surface area contributed by atoms with Crippen LogP contribution in [0, 0.1) is 0 Å². The first-order valence-corrected chi connectivity index (χ1v) is 3.73. The van der Waals surface area contributed by atoms with Crippen LogP contribution < -0.4 is 20.7 Å². The number of benzene rings is 1. The number of nitrogens with one attached hydrogen (secondary N) is 1. The number of para-hydroxylation sites is 1. The highest BCUT2D eigenvalue weighted by Crippen LogP contribution is 2.34. The zero-order chi connectivity index (χ0) is 8.39. The lowest BCUT2D eigenvalue weighted by atomic mass is 10.2. The van der Waals surface area contributed by atoms with E-state index < -0.39 is 0 Å². The van der Waals surface area contributed by atoms with Gasteiger partial charge in [-0.3, -0.25) is 11.3 Å². The van der Waals surface area contributed by atoms with E-state index in [0.29, 0.717) is 13.3 Å². The minimum Gasteiger partial charge on any atom is -0.454 e. The maximum absolute atomic E-state index is 5.26. The minimum absolute atomic E-state index is 0.302. The maximum atomic E-state index is 5.26. The van der Waals surface area contributed by atoms with Crippen molar-refractivity contribution in [2.75, 3.05) is 6.79 Å². The molecule has 12 heavy (non-hydrogen) atoms. The third kappa shape index (κ3) is 1.11. The van der Waals surface area contributed by atoms with Crippen molar-refractivity contribution < 1.29 is 9.47 Å². The van der Waals surface area contributed by atoms with E-state index in [9.17, 15) is 0 Å². The summed E-state index contributed by atoms with van der Waals surface area (Å²) >= 11 is 0. The molecule has 0 saturated carbocycles. The lowest BCUT2D eigenvalue weighted by Crippen LogP contribution is -2.20. The van der Waals surface area contributed by atoms with Crippen LogP contribution in [0.2, 0.25) is 0 Å². The molecular formula is C8H10N2O2. The van der Waals surface area contributed by atoms with Crippen LogP contribution in [0.1, 0.15) is 5.56 Å². The summed E-state index contributed by atoms with van der Waals surface area (Å²) in [6.45, 7) is 0.892. The molecule has 0 fully saturated rings. The van der Waals surface area contributed by atoms with Crippen LogP contribution in [-0.4, -0.2) is 6.79 Å². The normalized spacial score (nSPS) is 13.4. The summed E-state index contributed by atoms with van der Waals surface area (Å²) in [7, 11) is 0. The van der Waals surface area contributed by atoms with Gasteiger partial charge < -0.3 is 9.47 Å². The summed E-state index contributed by atoms with van der Waals surface area (Å²) in [4.78, 5) is 0. The fourth-order valence-corrected chi connectivity index (χ4v) is 1.24. The number of nitrogens with two attached hydrogens (primary N) is 1. The smallest absolute Gasteiger partial charge is 0.231 e. The summed E-state index contributed by atoms with van der Waals surface area (Å²) in [5.74, 6) is 6.80. The molecule has 0 aromatic heterocycles. The summed E-state index contributed by atoms with van der Waals surface area (Å²) in [5.41, 5.74) is 3.60. The van der Waals surface area contributed by atoms with E-state index in [-0.39, 0.29) is 0 Å². The molecule has 0 bridgehead atoms. The molecule has 2 rings (SSSR count). The second-order valence-electron chi connectivity index (χ2n) is 2.53. The van der Waals surface area contributed by atoms with Gasteiger partial charge >= 0.3 is 0 Å². The third-order valence-electron chi connectivity index (χ3n) is 1.77. The standard InChI is InChI=1S/C8H10N2O2/c9-10-4-6-2-1-3-7-8(6)12-5-11-7/h1-3,10H,4-5,9H2. The van der Waals surface area contributed by atoms with E-state index in [4.69, 9.17) is 15.3 Å². The first kappa shape index (κ1) is 7.39. The molecule has 0 radical (unpaired) electrons. The van der Waals surface area contributed by atoms with Crippen molar-refractivity contribution in [2.24, 2.45) is 5.84 Å². The lowest BCUT2D eigenvalue weighted by molar-refractivity contribution is 0.173. The van der Waals surface area contributed by atoms with Crippen molar-refractivity contribution in [1.29, 1.82) is 0 Å². The molecule has 3 N–H and O–H groups in total. The van der Waals surface area contributed by atoms with Gasteiger partial charge in [-0.1, -0.05) is 12.1 Å². The predicted octanol–water partition coefficient (Wildman–Crippen LogP) is 0.379. The Bertz CT molecular complexity index is 288. The molecular weight excluding hydrogens is 156 g/mol. The van der Waals surface area contributed by atoms with Gasteiger partial charge in [-0.15, -0.1) is 0 Å². The Morgan fingerprint density at radius 3 is 3.17 bits per heavy atom. The number of hydrogen-bond donors (Lipinski definition) is 2. The van der Waals surface area contributed by atoms with Crippen molar-refractivity contribution in [3.8, 4) is 11.5 Å². The zero-order valence-electron chi connectivity index (χ0n) is 6.54. The van der Waals surface area contributed by atoms with Crippen LogP contribution in [-0.2, 0) is 6.54 Å². The van der Waals surface area contributed by atoms with Crippen LogP contribution in [0.25, 0.3) is 0 Å². The Morgan fingerprint density at radius 2 is 2.33 bits per heavy atom. The van der Waals surface area contributed by atoms with E-state index in [0.717, 1.165) is 17.1 Å². The first-order chi connectivity index (χ1) is 5.92. The lowest BCUT2D eigenvalue weighted by Gasteiger charge is -2.03. The SMILES string of the molecule is NNCc1cccc2c1OCO2. The second kappa shape index (κ2) is 3.00. The van der Waals surface area contributed by atoms with Crippen LogP contribution in [0.5, 0.6) is 11.5 Å². The summed E-state index contributed by atoms with van der Waals surface area (Å²) < 4.78 is 10.5. The van der Waals surface area contributed by atoms with Gasteiger partial charge in [-0.2, -0.15) is 0 Å². The van der Waals surface area contributed by atoms with Crippen molar-refractivity contribution in [2.45, 2.75) is 6.54 Å². The van der Waals surface area contributed by atoms with Gasteiger partial charge in [-0.05, 0) is 6.07 Å². The van der Waals surface area contributed by atoms with Crippen molar-refractivity contribution in [1.82, 2.24) is 5.43 Å². The molecule has 1 aliphatic rings. The highest BCUT2D eigenvalue weighted by atomic mass is 16.7. The van der Waals surface area contributed by atoms with Gasteiger partial charge in [-0.25, -0.2) is 0 Å². The molecule has 0 aliphatic carbocycles. The largest absolute Gasteiger partial charge is 0.454 e. The third-order valence-corrected chi connectivity index (χ3v) is 1.77. The van der Waals surface area contributed by atoms with Gasteiger partial charge in [0.15, 0.2) is 11.5 Å². The van der Waals surface area contributed by atoms with E-state index in [1.54, 1.807) is 0 Å². The molecule has 4 heteroatoms. The quantitative estimate of drug-likeness (QED) is 0.492. The molecule has 1 aromatic rings. The molecule has 0 amide bonds. The molecule has 0 unspecified atom stereocenters. The van der Waals surface area contributed by atoms with Gasteiger partial charge in [0.05, 0.1) is 0 Å². The molecule has 0 spiro atoms. The zero-order valence-corrected chi connectivity index (χ0v) is 6.54. The molecule has 1 aliphatic heterocycles. The van der Waals surface area contributed by atoms with E-state index >= 15 is 0 Å². The van der Waals surface area contributed by atoms with Gasteiger partial charge in [0, 0.05) is 12.1 Å². The van der Waals surface area contributed by atoms with E-state index in [1.807, 2.05) is 18.2 Å². The Balaban J connectivity index is 2.36. The van der Waals surface area contributed by atoms with Gasteiger partial charge in [0.2, 0.25) is 6.79 Å². The van der Waals surface area contributed by atoms with Gasteiger partial charge in [0.1, 0.15) is 0 Å². The summed E-state index contributed by atoms with van der Waals surface area (Å²) in [6.07, 6.45) is 0. The number of hydrazine groups is 1. The molecule has 0 saturated heterocycles. The van der Waals surface area contributed by atoms with Gasteiger partial charge in [0.25, 0.3) is 0 Å². The fourth-order valence-electron chi connectivity index (χ4n) is 1.24. The number of ether oxygens (including phenoxy) is 2. The summed E-state index contributed by atoms with van der Waals surface area (Å²) in [5, 5.41) is 0.